The predicted molar refractivity (Wildman–Crippen MR) is 105 cm³/mol. The Morgan fingerprint density at radius 2 is 1.86 bits per heavy atom. The number of benzene rings is 2. The molecule has 0 fully saturated rings. The molecule has 150 valence electrons. The lowest BCUT2D eigenvalue weighted by Crippen LogP contribution is -2.45. The summed E-state index contributed by atoms with van der Waals surface area (Å²) in [6.45, 7) is 0.111. The number of carbonyl (C=O) groups is 1. The van der Waals surface area contributed by atoms with Crippen LogP contribution in [0.2, 0.25) is 0 Å². The molecule has 3 rings (SSSR count). The van der Waals surface area contributed by atoms with Gasteiger partial charge in [0, 0.05) is 0 Å². The van der Waals surface area contributed by atoms with Crippen LogP contribution in [-0.2, 0) is 14.8 Å². The number of ether oxygens (including phenoxy) is 3. The zero-order valence-electron chi connectivity index (χ0n) is 15.6. The van der Waals surface area contributed by atoms with E-state index in [2.05, 4.69) is 5.32 Å². The lowest BCUT2D eigenvalue weighted by Gasteiger charge is -2.27. The minimum absolute atomic E-state index is 0.191. The third-order valence-electron chi connectivity index (χ3n) is 4.14. The Kier molecular flexibility index (Phi) is 5.93. The van der Waals surface area contributed by atoms with Gasteiger partial charge >= 0.3 is 0 Å². The van der Waals surface area contributed by atoms with E-state index in [1.165, 1.54) is 7.11 Å². The fourth-order valence-electron chi connectivity index (χ4n) is 2.79. The van der Waals surface area contributed by atoms with Gasteiger partial charge in [0.2, 0.25) is 15.9 Å². The fourth-order valence-corrected chi connectivity index (χ4v) is 3.65. The second-order valence-corrected chi connectivity index (χ2v) is 8.15. The highest BCUT2D eigenvalue weighted by molar-refractivity contribution is 7.92. The second kappa shape index (κ2) is 8.39. The number of hydrogen-bond acceptors (Lipinski definition) is 6. The van der Waals surface area contributed by atoms with Gasteiger partial charge in [0.25, 0.3) is 0 Å². The number of carbonyl (C=O) groups excluding carboxylic acids is 1. The van der Waals surface area contributed by atoms with Gasteiger partial charge in [0.1, 0.15) is 25.0 Å². The van der Waals surface area contributed by atoms with Crippen LogP contribution < -0.4 is 23.8 Å². The van der Waals surface area contributed by atoms with Crippen molar-refractivity contribution in [3.05, 3.63) is 48.5 Å². The van der Waals surface area contributed by atoms with Gasteiger partial charge in [0.05, 0.1) is 25.6 Å². The fraction of sp³-hybridized carbons (Fsp3) is 0.316. The molecule has 1 aliphatic heterocycles. The summed E-state index contributed by atoms with van der Waals surface area (Å²) in [5, 5.41) is 2.70. The summed E-state index contributed by atoms with van der Waals surface area (Å²) in [6.07, 6.45) is 0.679. The number of methoxy groups -OCH3 is 1. The smallest absolute Gasteiger partial charge is 0.240 e. The molecule has 1 N–H and O–H groups in total. The van der Waals surface area contributed by atoms with E-state index in [0.717, 1.165) is 10.6 Å². The van der Waals surface area contributed by atoms with Crippen molar-refractivity contribution in [2.45, 2.75) is 6.10 Å². The zero-order valence-corrected chi connectivity index (χ0v) is 16.4. The Bertz CT molecular complexity index is 947. The van der Waals surface area contributed by atoms with Gasteiger partial charge in [-0.1, -0.05) is 24.3 Å². The van der Waals surface area contributed by atoms with Gasteiger partial charge in [-0.15, -0.1) is 0 Å². The van der Waals surface area contributed by atoms with Gasteiger partial charge < -0.3 is 19.5 Å². The Hall–Kier alpha value is -2.94. The molecular weight excluding hydrogens is 384 g/mol. The summed E-state index contributed by atoms with van der Waals surface area (Å²) >= 11 is 0. The number of fused-ring (bicyclic) bond motifs is 1. The van der Waals surface area contributed by atoms with Crippen molar-refractivity contribution in [3.8, 4) is 17.2 Å². The maximum atomic E-state index is 12.4. The lowest BCUT2D eigenvalue weighted by molar-refractivity contribution is -0.120. The van der Waals surface area contributed by atoms with Crippen LogP contribution in [0.15, 0.2) is 48.5 Å². The lowest BCUT2D eigenvalue weighted by atomic mass is 10.2. The molecule has 0 aliphatic carbocycles. The van der Waals surface area contributed by atoms with E-state index in [1.54, 1.807) is 36.4 Å². The molecule has 1 amide bonds. The standard InChI is InChI=1S/C19H22N2O6S/c1-25-16-8-4-3-7-15(16)21(28(2,23)24)12-19(22)20-11-14-13-26-17-9-5-6-10-18(17)27-14/h3-10,14H,11-13H2,1-2H3,(H,20,22)/t14-/m1/s1. The molecule has 9 heteroatoms. The van der Waals surface area contributed by atoms with E-state index in [0.29, 0.717) is 29.5 Å². The number of amides is 1. The summed E-state index contributed by atoms with van der Waals surface area (Å²) in [6, 6.07) is 13.9. The molecule has 0 unspecified atom stereocenters. The second-order valence-electron chi connectivity index (χ2n) is 6.24. The molecule has 0 saturated carbocycles. The number of anilines is 1. The number of nitrogens with one attached hydrogen (secondary N) is 1. The van der Waals surface area contributed by atoms with Crippen molar-refractivity contribution in [2.75, 3.05) is 37.4 Å². The molecule has 1 atom stereocenters. The van der Waals surface area contributed by atoms with Crippen molar-refractivity contribution >= 4 is 21.6 Å². The van der Waals surface area contributed by atoms with E-state index in [4.69, 9.17) is 14.2 Å². The van der Waals surface area contributed by atoms with Gasteiger partial charge in [0.15, 0.2) is 11.5 Å². The minimum atomic E-state index is -3.69. The topological polar surface area (TPSA) is 94.2 Å². The van der Waals surface area contributed by atoms with E-state index in [-0.39, 0.29) is 19.2 Å². The first kappa shape index (κ1) is 19.8. The first-order chi connectivity index (χ1) is 13.4. The summed E-state index contributed by atoms with van der Waals surface area (Å²) < 4.78 is 42.1. The third kappa shape index (κ3) is 4.66. The first-order valence-electron chi connectivity index (χ1n) is 8.64. The molecule has 1 heterocycles. The number of nitrogens with zero attached hydrogens (tertiary/aromatic N) is 1. The SMILES string of the molecule is COc1ccccc1N(CC(=O)NC[C@@H]1COc2ccccc2O1)S(C)(=O)=O. The Morgan fingerprint density at radius 1 is 1.18 bits per heavy atom. The molecule has 0 aromatic heterocycles. The Balaban J connectivity index is 1.64. The van der Waals surface area contributed by atoms with E-state index >= 15 is 0 Å². The van der Waals surface area contributed by atoms with Crippen molar-refractivity contribution in [1.82, 2.24) is 5.32 Å². The number of hydrogen-bond donors (Lipinski definition) is 1. The molecule has 0 radical (unpaired) electrons. The highest BCUT2D eigenvalue weighted by Crippen LogP contribution is 2.31. The molecule has 0 saturated heterocycles. The number of sulfonamides is 1. The molecule has 0 spiro atoms. The summed E-state index contributed by atoms with van der Waals surface area (Å²) in [4.78, 5) is 12.4. The molecule has 28 heavy (non-hydrogen) atoms. The summed E-state index contributed by atoms with van der Waals surface area (Å²) in [5.41, 5.74) is 0.300. The Labute approximate surface area is 164 Å². The molecule has 2 aromatic carbocycles. The van der Waals surface area contributed by atoms with Gasteiger partial charge in [-0.3, -0.25) is 9.10 Å². The van der Waals surface area contributed by atoms with Crippen LogP contribution >= 0.6 is 0 Å². The van der Waals surface area contributed by atoms with Gasteiger partial charge in [-0.2, -0.15) is 0 Å². The molecule has 8 nitrogen and oxygen atoms in total. The number of para-hydroxylation sites is 4. The largest absolute Gasteiger partial charge is 0.495 e. The molecule has 1 aliphatic rings. The summed E-state index contributed by atoms with van der Waals surface area (Å²) in [7, 11) is -2.25. The van der Waals surface area contributed by atoms with Crippen molar-refractivity contribution < 1.29 is 27.4 Å². The maximum Gasteiger partial charge on any atom is 0.240 e. The van der Waals surface area contributed by atoms with E-state index < -0.39 is 15.9 Å². The van der Waals surface area contributed by atoms with Crippen LogP contribution in [0.4, 0.5) is 5.69 Å². The highest BCUT2D eigenvalue weighted by atomic mass is 32.2. The first-order valence-corrected chi connectivity index (χ1v) is 10.5. The molecule has 2 aromatic rings. The monoisotopic (exact) mass is 406 g/mol. The average Bonchev–Trinajstić information content (AvgIpc) is 2.69. The van der Waals surface area contributed by atoms with Crippen LogP contribution in [0.3, 0.4) is 0 Å². The van der Waals surface area contributed by atoms with Gasteiger partial charge in [-0.05, 0) is 24.3 Å². The van der Waals surface area contributed by atoms with Crippen molar-refractivity contribution in [1.29, 1.82) is 0 Å². The van der Waals surface area contributed by atoms with Crippen LogP contribution in [0, 0.1) is 0 Å². The quantitative estimate of drug-likeness (QED) is 0.747. The molecule has 0 bridgehead atoms. The van der Waals surface area contributed by atoms with Gasteiger partial charge in [-0.25, -0.2) is 8.42 Å². The Morgan fingerprint density at radius 3 is 2.57 bits per heavy atom. The van der Waals surface area contributed by atoms with E-state index in [9.17, 15) is 13.2 Å². The summed E-state index contributed by atoms with van der Waals surface area (Å²) in [5.74, 6) is 1.17. The van der Waals surface area contributed by atoms with E-state index in [1.807, 2.05) is 12.1 Å². The minimum Gasteiger partial charge on any atom is -0.495 e. The van der Waals surface area contributed by atoms with Crippen molar-refractivity contribution in [2.24, 2.45) is 0 Å². The van der Waals surface area contributed by atoms with Crippen molar-refractivity contribution in [3.63, 3.8) is 0 Å². The highest BCUT2D eigenvalue weighted by Gasteiger charge is 2.25. The van der Waals surface area contributed by atoms with Crippen LogP contribution in [-0.4, -0.2) is 53.5 Å². The molecular formula is C19H22N2O6S. The zero-order chi connectivity index (χ0) is 20.1. The maximum absolute atomic E-state index is 12.4. The third-order valence-corrected chi connectivity index (χ3v) is 5.26. The predicted octanol–water partition coefficient (Wildman–Crippen LogP) is 1.42. The van der Waals surface area contributed by atoms with Crippen LogP contribution in [0.1, 0.15) is 0 Å². The number of rotatable bonds is 7. The average molecular weight is 406 g/mol. The van der Waals surface area contributed by atoms with Crippen LogP contribution in [0.25, 0.3) is 0 Å². The normalized spacial score (nSPS) is 15.6. The van der Waals surface area contributed by atoms with Crippen LogP contribution in [0.5, 0.6) is 17.2 Å².